The van der Waals surface area contributed by atoms with Crippen molar-refractivity contribution in [1.29, 1.82) is 0 Å². The first kappa shape index (κ1) is 26.1. The molecule has 3 aromatic carbocycles. The van der Waals surface area contributed by atoms with Crippen LogP contribution in [0.3, 0.4) is 0 Å². The number of ether oxygens (including phenoxy) is 1. The van der Waals surface area contributed by atoms with Gasteiger partial charge in [0, 0.05) is 13.1 Å². The number of anilines is 1. The first-order valence-electron chi connectivity index (χ1n) is 12.3. The number of para-hydroxylation sites is 1. The highest BCUT2D eigenvalue weighted by atomic mass is 19.1. The smallest absolute Gasteiger partial charge is 0.410 e. The van der Waals surface area contributed by atoms with E-state index in [2.05, 4.69) is 0 Å². The van der Waals surface area contributed by atoms with Gasteiger partial charge in [-0.05, 0) is 63.4 Å². The van der Waals surface area contributed by atoms with E-state index in [-0.39, 0.29) is 31.5 Å². The van der Waals surface area contributed by atoms with Crippen LogP contribution in [0.4, 0.5) is 14.9 Å². The number of piperidine rings is 1. The molecule has 1 aliphatic rings. The number of benzene rings is 3. The summed E-state index contributed by atoms with van der Waals surface area (Å²) in [5, 5.41) is 0. The van der Waals surface area contributed by atoms with Crippen LogP contribution >= 0.6 is 0 Å². The van der Waals surface area contributed by atoms with Crippen LogP contribution in [0.25, 0.3) is 0 Å². The number of imide groups is 1. The van der Waals surface area contributed by atoms with Crippen molar-refractivity contribution in [2.45, 2.75) is 44.6 Å². The molecule has 4 rings (SSSR count). The van der Waals surface area contributed by atoms with E-state index < -0.39 is 34.7 Å². The Balaban J connectivity index is 1.75. The lowest BCUT2D eigenvalue weighted by Gasteiger charge is -2.43. The Morgan fingerprint density at radius 1 is 0.838 bits per heavy atom. The number of hydrogen-bond donors (Lipinski definition) is 0. The van der Waals surface area contributed by atoms with Gasteiger partial charge >= 0.3 is 6.09 Å². The average molecular weight is 503 g/mol. The summed E-state index contributed by atoms with van der Waals surface area (Å²) < 4.78 is 20.2. The third-order valence-corrected chi connectivity index (χ3v) is 6.53. The van der Waals surface area contributed by atoms with Crippen LogP contribution < -0.4 is 4.90 Å². The van der Waals surface area contributed by atoms with E-state index in [4.69, 9.17) is 4.74 Å². The lowest BCUT2D eigenvalue weighted by molar-refractivity contribution is -0.125. The Morgan fingerprint density at radius 2 is 1.38 bits per heavy atom. The van der Waals surface area contributed by atoms with Gasteiger partial charge in [0.15, 0.2) is 0 Å². The molecule has 0 spiro atoms. The van der Waals surface area contributed by atoms with Crippen molar-refractivity contribution >= 4 is 23.6 Å². The van der Waals surface area contributed by atoms with Crippen molar-refractivity contribution in [2.24, 2.45) is 0 Å². The summed E-state index contributed by atoms with van der Waals surface area (Å²) in [6, 6.07) is 23.5. The quantitative estimate of drug-likeness (QED) is 0.413. The zero-order valence-corrected chi connectivity index (χ0v) is 21.3. The lowest BCUT2D eigenvalue weighted by Crippen LogP contribution is -2.56. The molecule has 1 saturated heterocycles. The van der Waals surface area contributed by atoms with E-state index >= 15 is 0 Å². The fourth-order valence-electron chi connectivity index (χ4n) is 4.65. The lowest BCUT2D eigenvalue weighted by atomic mass is 9.71. The Hall–Kier alpha value is -4.00. The first-order chi connectivity index (χ1) is 17.6. The fraction of sp³-hybridized carbons (Fsp3) is 0.300. The number of amides is 3. The van der Waals surface area contributed by atoms with Gasteiger partial charge in [-0.15, -0.1) is 0 Å². The van der Waals surface area contributed by atoms with E-state index in [0.717, 1.165) is 10.5 Å². The second-order valence-corrected chi connectivity index (χ2v) is 10.2. The van der Waals surface area contributed by atoms with Gasteiger partial charge < -0.3 is 9.64 Å². The molecule has 0 atom stereocenters. The molecule has 192 valence electrons. The van der Waals surface area contributed by atoms with Crippen LogP contribution in [-0.4, -0.2) is 41.5 Å². The fourth-order valence-corrected chi connectivity index (χ4v) is 4.65. The Labute approximate surface area is 216 Å². The average Bonchev–Trinajstić information content (AvgIpc) is 2.89. The summed E-state index contributed by atoms with van der Waals surface area (Å²) >= 11 is 0. The molecular weight excluding hydrogens is 471 g/mol. The van der Waals surface area contributed by atoms with Crippen LogP contribution in [0.2, 0.25) is 0 Å². The summed E-state index contributed by atoms with van der Waals surface area (Å²) in [4.78, 5) is 43.6. The van der Waals surface area contributed by atoms with Gasteiger partial charge in [-0.3, -0.25) is 9.59 Å². The third kappa shape index (κ3) is 5.56. The van der Waals surface area contributed by atoms with E-state index in [0.29, 0.717) is 5.69 Å². The van der Waals surface area contributed by atoms with Crippen molar-refractivity contribution < 1.29 is 23.5 Å². The maximum atomic E-state index is 14.7. The molecule has 0 bridgehead atoms. The molecule has 0 aromatic heterocycles. The number of carbonyl (C=O) groups is 3. The van der Waals surface area contributed by atoms with E-state index in [1.54, 1.807) is 62.1 Å². The van der Waals surface area contributed by atoms with Crippen LogP contribution in [0.1, 0.15) is 49.5 Å². The van der Waals surface area contributed by atoms with Crippen molar-refractivity contribution in [2.75, 3.05) is 18.0 Å². The van der Waals surface area contributed by atoms with Crippen molar-refractivity contribution in [3.05, 3.63) is 102 Å². The van der Waals surface area contributed by atoms with E-state index in [9.17, 15) is 18.8 Å². The Bertz CT molecular complexity index is 1260. The first-order valence-corrected chi connectivity index (χ1v) is 12.3. The topological polar surface area (TPSA) is 66.9 Å². The number of likely N-dealkylation sites (tertiary alicyclic amines) is 1. The van der Waals surface area contributed by atoms with Gasteiger partial charge in [0.25, 0.3) is 5.91 Å². The van der Waals surface area contributed by atoms with Crippen LogP contribution in [-0.2, 0) is 14.9 Å². The number of hydrogen-bond acceptors (Lipinski definition) is 4. The molecule has 0 radical (unpaired) electrons. The number of nitrogens with zero attached hydrogens (tertiary/aromatic N) is 2. The van der Waals surface area contributed by atoms with Crippen molar-refractivity contribution in [3.8, 4) is 0 Å². The summed E-state index contributed by atoms with van der Waals surface area (Å²) in [5.41, 5.74) is -0.834. The Kier molecular flexibility index (Phi) is 7.43. The van der Waals surface area contributed by atoms with Gasteiger partial charge in [0.1, 0.15) is 11.4 Å². The highest BCUT2D eigenvalue weighted by molar-refractivity contribution is 6.23. The highest BCUT2D eigenvalue weighted by Gasteiger charge is 2.48. The van der Waals surface area contributed by atoms with Crippen molar-refractivity contribution in [1.82, 2.24) is 4.90 Å². The van der Waals surface area contributed by atoms with Gasteiger partial charge in [-0.1, -0.05) is 60.7 Å². The molecule has 3 aromatic rings. The predicted molar refractivity (Wildman–Crippen MR) is 140 cm³/mol. The zero-order chi connectivity index (χ0) is 26.6. The van der Waals surface area contributed by atoms with Gasteiger partial charge in [0.05, 0.1) is 16.7 Å². The molecule has 7 heteroatoms. The largest absolute Gasteiger partial charge is 0.444 e. The standard InChI is InChI=1S/C30H31FN2O4/c1-29(2,3)37-28(36)32-20-18-30(19-21-32,22-12-6-4-7-13-22)27(35)33(23-14-8-5-9-15-23)26(34)24-16-10-11-17-25(24)31/h4-17H,18-21H2,1-3H3. The second kappa shape index (κ2) is 10.5. The Morgan fingerprint density at radius 3 is 1.95 bits per heavy atom. The normalized spacial score (nSPS) is 15.1. The molecule has 6 nitrogen and oxygen atoms in total. The van der Waals surface area contributed by atoms with Crippen molar-refractivity contribution in [3.63, 3.8) is 0 Å². The molecule has 0 N–H and O–H groups in total. The van der Waals surface area contributed by atoms with Crippen LogP contribution in [0.15, 0.2) is 84.9 Å². The molecule has 0 unspecified atom stereocenters. The van der Waals surface area contributed by atoms with Gasteiger partial charge in [0.2, 0.25) is 5.91 Å². The molecular formula is C30H31FN2O4. The minimum Gasteiger partial charge on any atom is -0.444 e. The summed E-state index contributed by atoms with van der Waals surface area (Å²) in [5.74, 6) is -1.89. The van der Waals surface area contributed by atoms with E-state index in [1.807, 2.05) is 30.3 Å². The third-order valence-electron chi connectivity index (χ3n) is 6.53. The minimum absolute atomic E-state index is 0.186. The maximum absolute atomic E-state index is 14.7. The summed E-state index contributed by atoms with van der Waals surface area (Å²) in [6.07, 6.45) is 0.121. The number of halogens is 1. The maximum Gasteiger partial charge on any atom is 0.410 e. The summed E-state index contributed by atoms with van der Waals surface area (Å²) in [6.45, 7) is 5.95. The second-order valence-electron chi connectivity index (χ2n) is 10.2. The molecule has 3 amide bonds. The van der Waals surface area contributed by atoms with Gasteiger partial charge in [-0.2, -0.15) is 0 Å². The monoisotopic (exact) mass is 502 g/mol. The predicted octanol–water partition coefficient (Wildman–Crippen LogP) is 5.97. The molecule has 1 fully saturated rings. The molecule has 0 aliphatic carbocycles. The van der Waals surface area contributed by atoms with Crippen LogP contribution in [0, 0.1) is 5.82 Å². The minimum atomic E-state index is -1.10. The molecule has 1 heterocycles. The summed E-state index contributed by atoms with van der Waals surface area (Å²) in [7, 11) is 0. The number of carbonyl (C=O) groups excluding carboxylic acids is 3. The molecule has 1 aliphatic heterocycles. The van der Waals surface area contributed by atoms with E-state index in [1.165, 1.54) is 18.2 Å². The van der Waals surface area contributed by atoms with Gasteiger partial charge in [-0.25, -0.2) is 14.1 Å². The van der Waals surface area contributed by atoms with Crippen LogP contribution in [0.5, 0.6) is 0 Å². The zero-order valence-electron chi connectivity index (χ0n) is 21.3. The highest BCUT2D eigenvalue weighted by Crippen LogP contribution is 2.39. The molecule has 37 heavy (non-hydrogen) atoms. The SMILES string of the molecule is CC(C)(C)OC(=O)N1CCC(C(=O)N(C(=O)c2ccccc2F)c2ccccc2)(c2ccccc2)CC1. The number of rotatable bonds is 4. The molecule has 0 saturated carbocycles.